The van der Waals surface area contributed by atoms with Crippen molar-refractivity contribution < 1.29 is 17.9 Å². The summed E-state index contributed by atoms with van der Waals surface area (Å²) in [4.78, 5) is 14.7. The van der Waals surface area contributed by atoms with Crippen LogP contribution in [0.25, 0.3) is 0 Å². The van der Waals surface area contributed by atoms with E-state index in [1.807, 2.05) is 25.1 Å². The number of ether oxygens (including phenoxy) is 1. The summed E-state index contributed by atoms with van der Waals surface area (Å²) in [6, 6.07) is 17.3. The van der Waals surface area contributed by atoms with Gasteiger partial charge in [-0.05, 0) is 49.8 Å². The number of likely N-dealkylation sites (tertiary alicyclic amines) is 1. The summed E-state index contributed by atoms with van der Waals surface area (Å²) in [5, 5.41) is 0. The Kier molecular flexibility index (Phi) is 7.37. The van der Waals surface area contributed by atoms with Crippen molar-refractivity contribution in [1.82, 2.24) is 4.90 Å². The molecule has 0 spiro atoms. The predicted molar refractivity (Wildman–Crippen MR) is 119 cm³/mol. The summed E-state index contributed by atoms with van der Waals surface area (Å²) in [5.41, 5.74) is 1.72. The minimum absolute atomic E-state index is 0.176. The molecule has 7 heteroatoms. The third kappa shape index (κ3) is 5.75. The highest BCUT2D eigenvalue weighted by Crippen LogP contribution is 2.30. The maximum Gasteiger partial charge on any atom is 0.243 e. The zero-order chi connectivity index (χ0) is 21.6. The van der Waals surface area contributed by atoms with Gasteiger partial charge in [-0.1, -0.05) is 42.5 Å². The van der Waals surface area contributed by atoms with Gasteiger partial charge in [0.05, 0.1) is 18.6 Å². The van der Waals surface area contributed by atoms with E-state index in [2.05, 4.69) is 12.1 Å². The zero-order valence-electron chi connectivity index (χ0n) is 17.7. The van der Waals surface area contributed by atoms with Gasteiger partial charge in [-0.25, -0.2) is 8.42 Å². The van der Waals surface area contributed by atoms with Gasteiger partial charge in [0, 0.05) is 13.1 Å². The van der Waals surface area contributed by atoms with Crippen LogP contribution in [0.2, 0.25) is 0 Å². The highest BCUT2D eigenvalue weighted by Gasteiger charge is 2.28. The summed E-state index contributed by atoms with van der Waals surface area (Å²) in [6.45, 7) is 3.35. The van der Waals surface area contributed by atoms with Gasteiger partial charge in [0.2, 0.25) is 15.9 Å². The van der Waals surface area contributed by atoms with Crippen LogP contribution in [-0.4, -0.2) is 51.7 Å². The highest BCUT2D eigenvalue weighted by atomic mass is 32.2. The van der Waals surface area contributed by atoms with E-state index < -0.39 is 10.0 Å². The van der Waals surface area contributed by atoms with Gasteiger partial charge in [0.15, 0.2) is 0 Å². The molecule has 1 saturated heterocycles. The summed E-state index contributed by atoms with van der Waals surface area (Å²) in [5.74, 6) is 0.825. The number of carbonyl (C=O) groups is 1. The van der Waals surface area contributed by atoms with Crippen LogP contribution in [0.4, 0.5) is 5.69 Å². The molecular formula is C23H30N2O4S. The highest BCUT2D eigenvalue weighted by molar-refractivity contribution is 7.92. The molecule has 0 aliphatic carbocycles. The first-order valence-corrected chi connectivity index (χ1v) is 12.2. The molecule has 162 valence electrons. The smallest absolute Gasteiger partial charge is 0.243 e. The van der Waals surface area contributed by atoms with E-state index in [9.17, 15) is 13.2 Å². The molecule has 0 unspecified atom stereocenters. The Morgan fingerprint density at radius 1 is 1.07 bits per heavy atom. The van der Waals surface area contributed by atoms with Crippen molar-refractivity contribution in [3.63, 3.8) is 0 Å². The molecule has 0 bridgehead atoms. The Labute approximate surface area is 179 Å². The number of hydrogen-bond acceptors (Lipinski definition) is 4. The maximum atomic E-state index is 12.9. The molecule has 30 heavy (non-hydrogen) atoms. The molecule has 0 atom stereocenters. The Morgan fingerprint density at radius 3 is 2.33 bits per heavy atom. The molecule has 0 radical (unpaired) electrons. The average Bonchev–Trinajstić information content (AvgIpc) is 2.73. The van der Waals surface area contributed by atoms with E-state index >= 15 is 0 Å². The summed E-state index contributed by atoms with van der Waals surface area (Å²) >= 11 is 0. The van der Waals surface area contributed by atoms with Crippen LogP contribution in [0.3, 0.4) is 0 Å². The number of carbonyl (C=O) groups excluding carboxylic acids is 1. The number of rotatable bonds is 8. The van der Waals surface area contributed by atoms with Crippen LogP contribution >= 0.6 is 0 Å². The van der Waals surface area contributed by atoms with Crippen LogP contribution < -0.4 is 9.04 Å². The standard InChI is InChI=1S/C23H30N2O4S/c1-3-29-22-12-8-7-11-21(22)25(30(2,27)28)18-23(26)24-15-13-20(14-16-24)17-19-9-5-4-6-10-19/h4-12,20H,3,13-18H2,1-2H3. The van der Waals surface area contributed by atoms with Crippen molar-refractivity contribution >= 4 is 21.6 Å². The van der Waals surface area contributed by atoms with E-state index in [4.69, 9.17) is 4.74 Å². The van der Waals surface area contributed by atoms with E-state index in [1.165, 1.54) is 5.56 Å². The molecule has 2 aromatic rings. The van der Waals surface area contributed by atoms with Gasteiger partial charge >= 0.3 is 0 Å². The van der Waals surface area contributed by atoms with Crippen molar-refractivity contribution in [2.75, 3.05) is 36.8 Å². The monoisotopic (exact) mass is 430 g/mol. The normalized spacial score (nSPS) is 15.1. The van der Waals surface area contributed by atoms with Gasteiger partial charge in [-0.3, -0.25) is 9.10 Å². The Hall–Kier alpha value is -2.54. The fraction of sp³-hybridized carbons (Fsp3) is 0.435. The second kappa shape index (κ2) is 9.98. The van der Waals surface area contributed by atoms with Crippen LogP contribution in [0.1, 0.15) is 25.3 Å². The summed E-state index contributed by atoms with van der Waals surface area (Å²) < 4.78 is 31.7. The van der Waals surface area contributed by atoms with Crippen LogP contribution in [0, 0.1) is 5.92 Å². The molecule has 0 aromatic heterocycles. The Bertz CT molecular complexity index is 939. The second-order valence-corrected chi connectivity index (χ2v) is 9.59. The predicted octanol–water partition coefficient (Wildman–Crippen LogP) is 3.33. The van der Waals surface area contributed by atoms with Gasteiger partial charge in [0.1, 0.15) is 12.3 Å². The molecule has 1 fully saturated rings. The first-order chi connectivity index (χ1) is 14.4. The Balaban J connectivity index is 1.65. The number of amides is 1. The average molecular weight is 431 g/mol. The molecule has 2 aromatic carbocycles. The molecule has 3 rings (SSSR count). The zero-order valence-corrected chi connectivity index (χ0v) is 18.5. The molecule has 0 N–H and O–H groups in total. The number of hydrogen-bond donors (Lipinski definition) is 0. The first-order valence-electron chi connectivity index (χ1n) is 10.4. The number of para-hydroxylation sites is 2. The third-order valence-electron chi connectivity index (χ3n) is 5.45. The largest absolute Gasteiger partial charge is 0.492 e. The Morgan fingerprint density at radius 2 is 1.70 bits per heavy atom. The molecule has 1 aliphatic rings. The number of anilines is 1. The fourth-order valence-electron chi connectivity index (χ4n) is 3.88. The minimum Gasteiger partial charge on any atom is -0.492 e. The van der Waals surface area contributed by atoms with Crippen molar-refractivity contribution in [3.05, 3.63) is 60.2 Å². The topological polar surface area (TPSA) is 66.9 Å². The molecule has 1 amide bonds. The number of sulfonamides is 1. The van der Waals surface area contributed by atoms with Crippen molar-refractivity contribution in [1.29, 1.82) is 0 Å². The lowest BCUT2D eigenvalue weighted by Crippen LogP contribution is -2.46. The van der Waals surface area contributed by atoms with Crippen LogP contribution in [0.15, 0.2) is 54.6 Å². The van der Waals surface area contributed by atoms with Crippen LogP contribution in [-0.2, 0) is 21.2 Å². The molecular weight excluding hydrogens is 400 g/mol. The minimum atomic E-state index is -3.64. The molecule has 0 saturated carbocycles. The number of nitrogens with zero attached hydrogens (tertiary/aromatic N) is 2. The first kappa shape index (κ1) is 22.2. The van der Waals surface area contributed by atoms with E-state index in [1.54, 1.807) is 29.2 Å². The third-order valence-corrected chi connectivity index (χ3v) is 6.57. The fourth-order valence-corrected chi connectivity index (χ4v) is 4.73. The van der Waals surface area contributed by atoms with Gasteiger partial charge in [-0.2, -0.15) is 0 Å². The molecule has 1 aliphatic heterocycles. The van der Waals surface area contributed by atoms with Gasteiger partial charge < -0.3 is 9.64 Å². The lowest BCUT2D eigenvalue weighted by Gasteiger charge is -2.34. The molecule has 1 heterocycles. The second-order valence-electron chi connectivity index (χ2n) is 7.68. The summed E-state index contributed by atoms with van der Waals surface area (Å²) in [6.07, 6.45) is 3.99. The maximum absolute atomic E-state index is 12.9. The van der Waals surface area contributed by atoms with E-state index in [-0.39, 0.29) is 12.5 Å². The van der Waals surface area contributed by atoms with Gasteiger partial charge in [-0.15, -0.1) is 0 Å². The number of piperidine rings is 1. The summed E-state index contributed by atoms with van der Waals surface area (Å²) in [7, 11) is -3.64. The van der Waals surface area contributed by atoms with Crippen LogP contribution in [0.5, 0.6) is 5.75 Å². The van der Waals surface area contributed by atoms with Gasteiger partial charge in [0.25, 0.3) is 0 Å². The van der Waals surface area contributed by atoms with E-state index in [0.29, 0.717) is 37.1 Å². The number of benzene rings is 2. The lowest BCUT2D eigenvalue weighted by atomic mass is 9.90. The van der Waals surface area contributed by atoms with Crippen molar-refractivity contribution in [2.45, 2.75) is 26.2 Å². The SMILES string of the molecule is CCOc1ccccc1N(CC(=O)N1CCC(Cc2ccccc2)CC1)S(C)(=O)=O. The van der Waals surface area contributed by atoms with E-state index in [0.717, 1.165) is 29.8 Å². The lowest BCUT2D eigenvalue weighted by molar-refractivity contribution is -0.130. The molecule has 6 nitrogen and oxygen atoms in total. The van der Waals surface area contributed by atoms with Crippen molar-refractivity contribution in [2.24, 2.45) is 5.92 Å². The van der Waals surface area contributed by atoms with Crippen molar-refractivity contribution in [3.8, 4) is 5.75 Å². The quantitative estimate of drug-likeness (QED) is 0.644.